The molecule has 0 atom stereocenters. The van der Waals surface area contributed by atoms with Crippen LogP contribution in [0.2, 0.25) is 0 Å². The Hall–Kier alpha value is -3.63. The van der Waals surface area contributed by atoms with Gasteiger partial charge in [-0.2, -0.15) is 10.2 Å². The fourth-order valence-electron chi connectivity index (χ4n) is 3.33. The number of rotatable bonds is 7. The second-order valence-electron chi connectivity index (χ2n) is 6.99. The predicted octanol–water partition coefficient (Wildman–Crippen LogP) is 1.43. The predicted molar refractivity (Wildman–Crippen MR) is 118 cm³/mol. The number of benzene rings is 2. The van der Waals surface area contributed by atoms with E-state index in [9.17, 15) is 10.0 Å². The van der Waals surface area contributed by atoms with Gasteiger partial charge in [-0.1, -0.05) is 0 Å². The molecule has 0 spiro atoms. The summed E-state index contributed by atoms with van der Waals surface area (Å²) in [5.74, 6) is 2.10. The maximum atomic E-state index is 9.32. The van der Waals surface area contributed by atoms with E-state index in [-0.39, 0.29) is 0 Å². The van der Waals surface area contributed by atoms with E-state index in [1.807, 2.05) is 43.3 Å². The lowest BCUT2D eigenvalue weighted by molar-refractivity contribution is 0.391. The first-order valence-electron chi connectivity index (χ1n) is 9.63. The summed E-state index contributed by atoms with van der Waals surface area (Å²) in [7, 11) is 1.68. The minimum absolute atomic E-state index is 0.320. The number of hydrogen-bond donors (Lipinski definition) is 3. The molecule has 2 heterocycles. The van der Waals surface area contributed by atoms with Crippen LogP contribution in [0.25, 0.3) is 16.5 Å². The van der Waals surface area contributed by atoms with Gasteiger partial charge in [0.15, 0.2) is 5.82 Å². The van der Waals surface area contributed by atoms with Gasteiger partial charge in [-0.05, 0) is 37.3 Å². The molecule has 31 heavy (non-hydrogen) atoms. The van der Waals surface area contributed by atoms with E-state index in [4.69, 9.17) is 9.47 Å². The Morgan fingerprint density at radius 3 is 2.58 bits per heavy atom. The Bertz CT molecular complexity index is 1230. The summed E-state index contributed by atoms with van der Waals surface area (Å²) in [6, 6.07) is 11.4. The molecular weight excluding hydrogens is 397 g/mol. The molecule has 3 N–H and O–H groups in total. The van der Waals surface area contributed by atoms with E-state index in [0.717, 1.165) is 39.2 Å². The average Bonchev–Trinajstić information content (AvgIpc) is 3.29. The first-order chi connectivity index (χ1) is 15.0. The van der Waals surface area contributed by atoms with Gasteiger partial charge in [0.1, 0.15) is 11.5 Å². The van der Waals surface area contributed by atoms with Crippen LogP contribution in [0.15, 0.2) is 48.8 Å². The van der Waals surface area contributed by atoms with E-state index in [0.29, 0.717) is 17.8 Å². The number of hydrogen-bond acceptors (Lipinski definition) is 8. The fraction of sp³-hybridized carbons (Fsp3) is 0.190. The molecule has 0 amide bonds. The van der Waals surface area contributed by atoms with Gasteiger partial charge in [-0.3, -0.25) is 0 Å². The average molecular weight is 419 g/mol. The number of fused-ring (bicyclic) bond motifs is 1. The van der Waals surface area contributed by atoms with Crippen LogP contribution in [0.5, 0.6) is 11.5 Å². The van der Waals surface area contributed by atoms with Gasteiger partial charge in [-0.15, -0.1) is 5.10 Å². The molecule has 2 aromatic carbocycles. The topological polar surface area (TPSA) is 115 Å². The third-order valence-corrected chi connectivity index (χ3v) is 5.05. The SMILES string of the molecule is COc1ccc(CNc2nnc(C)c3cc(-n4cc(B(O)O)cn4)ccc23)c(OC)c1. The van der Waals surface area contributed by atoms with Crippen LogP contribution in [0.4, 0.5) is 5.82 Å². The van der Waals surface area contributed by atoms with E-state index in [1.54, 1.807) is 25.1 Å². The van der Waals surface area contributed by atoms with Crippen LogP contribution in [-0.4, -0.2) is 51.4 Å². The normalized spacial score (nSPS) is 10.9. The minimum atomic E-state index is -1.56. The molecule has 2 aromatic heterocycles. The Labute approximate surface area is 179 Å². The fourth-order valence-corrected chi connectivity index (χ4v) is 3.33. The number of methoxy groups -OCH3 is 2. The summed E-state index contributed by atoms with van der Waals surface area (Å²) in [5.41, 5.74) is 2.83. The molecule has 158 valence electrons. The largest absolute Gasteiger partial charge is 0.497 e. The first kappa shape index (κ1) is 20.6. The lowest BCUT2D eigenvalue weighted by Crippen LogP contribution is -2.28. The quantitative estimate of drug-likeness (QED) is 0.386. The highest BCUT2D eigenvalue weighted by Gasteiger charge is 2.15. The van der Waals surface area contributed by atoms with Gasteiger partial charge in [0, 0.05) is 46.8 Å². The smallest absolute Gasteiger partial charge is 0.491 e. The summed E-state index contributed by atoms with van der Waals surface area (Å²) < 4.78 is 12.3. The number of nitrogens with one attached hydrogen (secondary N) is 1. The van der Waals surface area contributed by atoms with Crippen molar-refractivity contribution in [3.63, 3.8) is 0 Å². The van der Waals surface area contributed by atoms with Gasteiger partial charge in [0.2, 0.25) is 0 Å². The standard InChI is InChI=1S/C21H22BN5O4/c1-13-19-8-16(27-12-15(11-24-27)22(28)29)5-7-18(19)21(26-25-13)23-10-14-4-6-17(30-2)9-20(14)31-3/h4-9,11-12,28-29H,10H2,1-3H3,(H,23,26). The molecule has 10 heteroatoms. The molecule has 0 aliphatic rings. The molecule has 0 fully saturated rings. The third-order valence-electron chi connectivity index (χ3n) is 5.05. The van der Waals surface area contributed by atoms with Crippen molar-refractivity contribution in [3.05, 3.63) is 60.0 Å². The zero-order chi connectivity index (χ0) is 22.0. The molecule has 0 saturated carbocycles. The molecule has 0 aliphatic heterocycles. The van der Waals surface area contributed by atoms with Gasteiger partial charge in [0.05, 0.1) is 25.6 Å². The molecule has 4 aromatic rings. The summed E-state index contributed by atoms with van der Waals surface area (Å²) in [6.45, 7) is 2.39. The van der Waals surface area contributed by atoms with E-state index < -0.39 is 7.12 Å². The number of nitrogens with zero attached hydrogens (tertiary/aromatic N) is 4. The Kier molecular flexibility index (Phi) is 5.74. The summed E-state index contributed by atoms with van der Waals surface area (Å²) in [6.07, 6.45) is 2.99. The second kappa shape index (κ2) is 8.62. The highest BCUT2D eigenvalue weighted by Crippen LogP contribution is 2.28. The van der Waals surface area contributed by atoms with Crippen LogP contribution >= 0.6 is 0 Å². The van der Waals surface area contributed by atoms with E-state index in [1.165, 1.54) is 6.20 Å². The maximum Gasteiger partial charge on any atom is 0.491 e. The lowest BCUT2D eigenvalue weighted by atomic mass is 9.83. The van der Waals surface area contributed by atoms with Gasteiger partial charge >= 0.3 is 7.12 Å². The Morgan fingerprint density at radius 1 is 1.03 bits per heavy atom. The summed E-state index contributed by atoms with van der Waals surface area (Å²) in [4.78, 5) is 0. The summed E-state index contributed by atoms with van der Waals surface area (Å²) in [5, 5.41) is 36.6. The van der Waals surface area contributed by atoms with Crippen molar-refractivity contribution in [3.8, 4) is 17.2 Å². The van der Waals surface area contributed by atoms with Crippen molar-refractivity contribution in [2.45, 2.75) is 13.5 Å². The van der Waals surface area contributed by atoms with Gasteiger partial charge in [0.25, 0.3) is 0 Å². The summed E-state index contributed by atoms with van der Waals surface area (Å²) >= 11 is 0. The highest BCUT2D eigenvalue weighted by atomic mass is 16.5. The van der Waals surface area contributed by atoms with Crippen molar-refractivity contribution in [1.29, 1.82) is 0 Å². The molecule has 9 nitrogen and oxygen atoms in total. The molecule has 0 saturated heterocycles. The van der Waals surface area contributed by atoms with Gasteiger partial charge in [-0.25, -0.2) is 4.68 Å². The van der Waals surface area contributed by atoms with Crippen molar-refractivity contribution in [1.82, 2.24) is 20.0 Å². The number of aromatic nitrogens is 4. The molecular formula is C21H22BN5O4. The minimum Gasteiger partial charge on any atom is -0.497 e. The zero-order valence-electron chi connectivity index (χ0n) is 17.4. The second-order valence-corrected chi connectivity index (χ2v) is 6.99. The first-order valence-corrected chi connectivity index (χ1v) is 9.63. The molecule has 0 aliphatic carbocycles. The molecule has 4 rings (SSSR count). The van der Waals surface area contributed by atoms with Crippen molar-refractivity contribution in [2.75, 3.05) is 19.5 Å². The maximum absolute atomic E-state index is 9.32. The van der Waals surface area contributed by atoms with Crippen LogP contribution in [0, 0.1) is 6.92 Å². The highest BCUT2D eigenvalue weighted by molar-refractivity contribution is 6.58. The Morgan fingerprint density at radius 2 is 1.87 bits per heavy atom. The number of aryl methyl sites for hydroxylation is 1. The molecule has 0 radical (unpaired) electrons. The lowest BCUT2D eigenvalue weighted by Gasteiger charge is -2.13. The van der Waals surface area contributed by atoms with Crippen LogP contribution in [0.1, 0.15) is 11.3 Å². The van der Waals surface area contributed by atoms with Crippen molar-refractivity contribution < 1.29 is 19.5 Å². The van der Waals surface area contributed by atoms with Crippen molar-refractivity contribution in [2.24, 2.45) is 0 Å². The zero-order valence-corrected chi connectivity index (χ0v) is 17.4. The molecule has 0 bridgehead atoms. The van der Waals surface area contributed by atoms with Crippen LogP contribution < -0.4 is 20.3 Å². The van der Waals surface area contributed by atoms with Crippen molar-refractivity contribution >= 4 is 29.2 Å². The third kappa shape index (κ3) is 4.16. The monoisotopic (exact) mass is 419 g/mol. The van der Waals surface area contributed by atoms with E-state index >= 15 is 0 Å². The van der Waals surface area contributed by atoms with Crippen LogP contribution in [0.3, 0.4) is 0 Å². The Balaban J connectivity index is 1.64. The van der Waals surface area contributed by atoms with Gasteiger partial charge < -0.3 is 24.8 Å². The number of ether oxygens (including phenoxy) is 2. The van der Waals surface area contributed by atoms with Crippen LogP contribution in [-0.2, 0) is 6.54 Å². The van der Waals surface area contributed by atoms with E-state index in [2.05, 4.69) is 20.6 Å². The molecule has 0 unspecified atom stereocenters. The number of anilines is 1.